The van der Waals surface area contributed by atoms with Crippen molar-refractivity contribution in [3.05, 3.63) is 65.2 Å². The van der Waals surface area contributed by atoms with Crippen LogP contribution in [0.2, 0.25) is 0 Å². The summed E-state index contributed by atoms with van der Waals surface area (Å²) in [6, 6.07) is 12.8. The van der Waals surface area contributed by atoms with Crippen molar-refractivity contribution in [1.82, 2.24) is 10.2 Å². The van der Waals surface area contributed by atoms with Crippen molar-refractivity contribution in [3.8, 4) is 0 Å². The maximum Gasteiger partial charge on any atom is 0.326 e. The molecule has 3 N–H and O–H groups in total. The number of hydrogen-bond acceptors (Lipinski definition) is 3. The number of carboxylic acids is 1. The van der Waals surface area contributed by atoms with E-state index < -0.39 is 12.0 Å². The van der Waals surface area contributed by atoms with Crippen LogP contribution in [0.25, 0.3) is 0 Å². The molecule has 1 aliphatic rings. The second-order valence-electron chi connectivity index (χ2n) is 7.09. The lowest BCUT2D eigenvalue weighted by Crippen LogP contribution is -2.48. The van der Waals surface area contributed by atoms with Gasteiger partial charge in [-0.05, 0) is 49.2 Å². The normalized spacial score (nSPS) is 15.7. The summed E-state index contributed by atoms with van der Waals surface area (Å²) in [5.74, 6) is -1.37. The number of carboxylic acid groups (broad SMARTS) is 1. The van der Waals surface area contributed by atoms with E-state index in [0.29, 0.717) is 11.3 Å². The van der Waals surface area contributed by atoms with Crippen molar-refractivity contribution < 1.29 is 19.5 Å². The molecule has 7 heteroatoms. The van der Waals surface area contributed by atoms with Gasteiger partial charge in [0.25, 0.3) is 5.91 Å². The number of carbonyl (C=O) groups is 3. The van der Waals surface area contributed by atoms with Crippen LogP contribution in [0, 0.1) is 0 Å². The van der Waals surface area contributed by atoms with Gasteiger partial charge in [0.15, 0.2) is 0 Å². The Morgan fingerprint density at radius 3 is 2.29 bits per heavy atom. The fourth-order valence-electron chi connectivity index (χ4n) is 3.25. The highest BCUT2D eigenvalue weighted by Gasteiger charge is 2.34. The van der Waals surface area contributed by atoms with Crippen molar-refractivity contribution >= 4 is 23.6 Å². The zero-order valence-corrected chi connectivity index (χ0v) is 15.8. The first-order chi connectivity index (χ1) is 13.3. The molecule has 1 atom stereocenters. The van der Waals surface area contributed by atoms with Crippen molar-refractivity contribution in [1.29, 1.82) is 0 Å². The third kappa shape index (κ3) is 4.31. The van der Waals surface area contributed by atoms with Crippen LogP contribution in [0.4, 0.5) is 10.5 Å². The summed E-state index contributed by atoms with van der Waals surface area (Å²) in [6.07, 6.45) is 0.284. The highest BCUT2D eigenvalue weighted by Crippen LogP contribution is 2.25. The molecule has 0 aromatic heterocycles. The maximum absolute atomic E-state index is 13.0. The van der Waals surface area contributed by atoms with Gasteiger partial charge in [-0.2, -0.15) is 0 Å². The molecule has 3 amide bonds. The molecule has 1 unspecified atom stereocenters. The van der Waals surface area contributed by atoms with E-state index in [-0.39, 0.29) is 30.9 Å². The van der Waals surface area contributed by atoms with Gasteiger partial charge in [0.1, 0.15) is 6.04 Å². The molecule has 28 heavy (non-hydrogen) atoms. The average molecular weight is 381 g/mol. The Bertz CT molecular complexity index is 893. The Balaban J connectivity index is 1.77. The number of fused-ring (bicyclic) bond motifs is 1. The first kappa shape index (κ1) is 19.4. The monoisotopic (exact) mass is 381 g/mol. The van der Waals surface area contributed by atoms with Crippen LogP contribution in [0.5, 0.6) is 0 Å². The van der Waals surface area contributed by atoms with Gasteiger partial charge < -0.3 is 20.6 Å². The number of benzene rings is 2. The molecule has 0 aliphatic carbocycles. The van der Waals surface area contributed by atoms with Gasteiger partial charge >= 0.3 is 12.0 Å². The highest BCUT2D eigenvalue weighted by molar-refractivity contribution is 5.98. The molecule has 0 bridgehead atoms. The lowest BCUT2D eigenvalue weighted by Gasteiger charge is -2.34. The predicted molar refractivity (Wildman–Crippen MR) is 105 cm³/mol. The number of carbonyl (C=O) groups excluding carboxylic acids is 2. The van der Waals surface area contributed by atoms with Crippen LogP contribution < -0.4 is 10.6 Å². The molecule has 0 fully saturated rings. The predicted octanol–water partition coefficient (Wildman–Crippen LogP) is 2.87. The van der Waals surface area contributed by atoms with Gasteiger partial charge in [-0.1, -0.05) is 24.3 Å². The molecular weight excluding hydrogens is 358 g/mol. The smallest absolute Gasteiger partial charge is 0.326 e. The summed E-state index contributed by atoms with van der Waals surface area (Å²) in [5.41, 5.74) is 2.83. The number of nitrogens with one attached hydrogen (secondary N) is 2. The third-order valence-electron chi connectivity index (χ3n) is 4.60. The van der Waals surface area contributed by atoms with Gasteiger partial charge in [0.05, 0.1) is 0 Å². The second-order valence-corrected chi connectivity index (χ2v) is 7.09. The van der Waals surface area contributed by atoms with E-state index in [9.17, 15) is 19.5 Å². The van der Waals surface area contributed by atoms with Gasteiger partial charge in [-0.3, -0.25) is 4.79 Å². The minimum Gasteiger partial charge on any atom is -0.480 e. The zero-order valence-electron chi connectivity index (χ0n) is 15.8. The third-order valence-corrected chi connectivity index (χ3v) is 4.60. The standard InChI is InChI=1S/C21H23N3O4/c1-13(2)22-21(28)23-17-9-7-14(8-10-17)19(25)24-12-16-6-4-3-5-15(16)11-18(24)20(26)27/h3-10,13,18H,11-12H2,1-2H3,(H,26,27)(H2,22,23,28). The number of urea groups is 1. The van der Waals surface area contributed by atoms with Gasteiger partial charge in [-0.15, -0.1) is 0 Å². The van der Waals surface area contributed by atoms with Crippen LogP contribution in [-0.2, 0) is 17.8 Å². The Hall–Kier alpha value is -3.35. The van der Waals surface area contributed by atoms with Crippen LogP contribution in [-0.4, -0.2) is 40.0 Å². The lowest BCUT2D eigenvalue weighted by atomic mass is 9.93. The highest BCUT2D eigenvalue weighted by atomic mass is 16.4. The van der Waals surface area contributed by atoms with Gasteiger partial charge in [-0.25, -0.2) is 9.59 Å². The fraction of sp³-hybridized carbons (Fsp3) is 0.286. The fourth-order valence-corrected chi connectivity index (χ4v) is 3.25. The molecule has 0 saturated heterocycles. The number of anilines is 1. The first-order valence-electron chi connectivity index (χ1n) is 9.13. The summed E-state index contributed by atoms with van der Waals surface area (Å²) in [7, 11) is 0. The molecule has 146 valence electrons. The largest absolute Gasteiger partial charge is 0.480 e. The van der Waals surface area contributed by atoms with E-state index in [1.807, 2.05) is 38.1 Å². The Morgan fingerprint density at radius 1 is 1.04 bits per heavy atom. The summed E-state index contributed by atoms with van der Waals surface area (Å²) < 4.78 is 0. The van der Waals surface area contributed by atoms with Gasteiger partial charge in [0.2, 0.25) is 0 Å². The van der Waals surface area contributed by atoms with Crippen LogP contribution in [0.3, 0.4) is 0 Å². The van der Waals surface area contributed by atoms with Crippen LogP contribution >= 0.6 is 0 Å². The van der Waals surface area contributed by atoms with Crippen molar-refractivity contribution in [2.24, 2.45) is 0 Å². The van der Waals surface area contributed by atoms with E-state index in [1.165, 1.54) is 4.90 Å². The Kier molecular flexibility index (Phi) is 5.63. The molecule has 1 heterocycles. The molecule has 0 spiro atoms. The Labute approximate surface area is 163 Å². The minimum atomic E-state index is -1.02. The summed E-state index contributed by atoms with van der Waals surface area (Å²) >= 11 is 0. The lowest BCUT2D eigenvalue weighted by molar-refractivity contribution is -0.142. The SMILES string of the molecule is CC(C)NC(=O)Nc1ccc(C(=O)N2Cc3ccccc3CC2C(=O)O)cc1. The van der Waals surface area contributed by atoms with Crippen molar-refractivity contribution in [3.63, 3.8) is 0 Å². The van der Waals surface area contributed by atoms with E-state index in [0.717, 1.165) is 11.1 Å². The minimum absolute atomic E-state index is 0.00998. The van der Waals surface area contributed by atoms with Crippen molar-refractivity contribution in [2.75, 3.05) is 5.32 Å². The molecule has 3 rings (SSSR count). The molecule has 0 saturated carbocycles. The average Bonchev–Trinajstić information content (AvgIpc) is 2.66. The zero-order chi connectivity index (χ0) is 20.3. The Morgan fingerprint density at radius 2 is 1.68 bits per heavy atom. The second kappa shape index (κ2) is 8.12. The molecule has 2 aromatic carbocycles. The molecular formula is C21H23N3O4. The molecule has 2 aromatic rings. The number of hydrogen-bond donors (Lipinski definition) is 3. The quantitative estimate of drug-likeness (QED) is 0.758. The maximum atomic E-state index is 13.0. The van der Waals surface area contributed by atoms with E-state index in [2.05, 4.69) is 10.6 Å². The van der Waals surface area contributed by atoms with E-state index in [1.54, 1.807) is 24.3 Å². The van der Waals surface area contributed by atoms with Crippen molar-refractivity contribution in [2.45, 2.75) is 38.9 Å². The number of amides is 3. The molecule has 7 nitrogen and oxygen atoms in total. The van der Waals surface area contributed by atoms with Crippen LogP contribution in [0.15, 0.2) is 48.5 Å². The number of rotatable bonds is 4. The van der Waals surface area contributed by atoms with E-state index in [4.69, 9.17) is 0 Å². The first-order valence-corrected chi connectivity index (χ1v) is 9.13. The number of aliphatic carboxylic acids is 1. The summed E-state index contributed by atoms with van der Waals surface area (Å²) in [4.78, 5) is 37.8. The van der Waals surface area contributed by atoms with E-state index >= 15 is 0 Å². The van der Waals surface area contributed by atoms with Gasteiger partial charge in [0, 0.05) is 30.3 Å². The summed E-state index contributed by atoms with van der Waals surface area (Å²) in [5, 5.41) is 15.0. The molecule has 0 radical (unpaired) electrons. The summed E-state index contributed by atoms with van der Waals surface area (Å²) in [6.45, 7) is 3.97. The topological polar surface area (TPSA) is 98.7 Å². The van der Waals surface area contributed by atoms with Crippen LogP contribution in [0.1, 0.15) is 35.3 Å². The molecule has 1 aliphatic heterocycles. The number of nitrogens with zero attached hydrogens (tertiary/aromatic N) is 1.